The number of carbonyl (C=O) groups excluding carboxylic acids is 2. The molecule has 0 aromatic heterocycles. The lowest BCUT2D eigenvalue weighted by Gasteiger charge is -2.19. The summed E-state index contributed by atoms with van der Waals surface area (Å²) in [4.78, 5) is 23.6. The van der Waals surface area contributed by atoms with Crippen LogP contribution >= 0.6 is 0 Å². The molecule has 0 radical (unpaired) electrons. The zero-order valence-electron chi connectivity index (χ0n) is 15.8. The monoisotopic (exact) mass is 368 g/mol. The highest BCUT2D eigenvalue weighted by Gasteiger charge is 2.17. The number of amides is 2. The van der Waals surface area contributed by atoms with Crippen molar-refractivity contribution in [3.63, 3.8) is 0 Å². The minimum absolute atomic E-state index is 0.00733. The summed E-state index contributed by atoms with van der Waals surface area (Å²) in [6, 6.07) is 12.9. The predicted octanol–water partition coefficient (Wildman–Crippen LogP) is 3.12. The zero-order chi connectivity index (χ0) is 19.4. The molecule has 6 nitrogen and oxygen atoms in total. The van der Waals surface area contributed by atoms with Crippen LogP contribution in [-0.2, 0) is 10.2 Å². The van der Waals surface area contributed by atoms with E-state index in [2.05, 4.69) is 43.5 Å². The summed E-state index contributed by atoms with van der Waals surface area (Å²) >= 11 is 0. The van der Waals surface area contributed by atoms with Gasteiger partial charge in [-0.15, -0.1) is 0 Å². The van der Waals surface area contributed by atoms with Crippen molar-refractivity contribution in [3.05, 3.63) is 53.6 Å². The molecule has 0 aliphatic carbocycles. The molecule has 2 N–H and O–H groups in total. The van der Waals surface area contributed by atoms with Crippen molar-refractivity contribution in [1.29, 1.82) is 0 Å². The van der Waals surface area contributed by atoms with E-state index in [0.29, 0.717) is 30.2 Å². The van der Waals surface area contributed by atoms with Gasteiger partial charge in [0.15, 0.2) is 6.61 Å². The standard InChI is InChI=1S/C21H24N2O4/c1-21(2,3)15-5-7-16(8-6-15)26-11-10-22-20(25)14-4-9-18-17(12-14)23-19(24)13-27-18/h4-9,12H,10-11,13H2,1-3H3,(H,22,25)(H,23,24). The molecule has 0 saturated heterocycles. The Morgan fingerprint density at radius 2 is 1.93 bits per heavy atom. The van der Waals surface area contributed by atoms with Crippen molar-refractivity contribution in [2.75, 3.05) is 25.1 Å². The molecule has 6 heteroatoms. The van der Waals surface area contributed by atoms with Crippen molar-refractivity contribution in [2.24, 2.45) is 0 Å². The molecular formula is C21H24N2O4. The molecule has 2 amide bonds. The van der Waals surface area contributed by atoms with Gasteiger partial charge in [0.1, 0.15) is 18.1 Å². The number of nitrogens with one attached hydrogen (secondary N) is 2. The minimum Gasteiger partial charge on any atom is -0.492 e. The van der Waals surface area contributed by atoms with Crippen LogP contribution in [0.4, 0.5) is 5.69 Å². The van der Waals surface area contributed by atoms with Gasteiger partial charge < -0.3 is 20.1 Å². The molecule has 1 aliphatic rings. The van der Waals surface area contributed by atoms with Gasteiger partial charge in [0.2, 0.25) is 0 Å². The van der Waals surface area contributed by atoms with Crippen LogP contribution < -0.4 is 20.1 Å². The molecule has 0 saturated carbocycles. The van der Waals surface area contributed by atoms with E-state index in [4.69, 9.17) is 9.47 Å². The molecule has 0 bridgehead atoms. The highest BCUT2D eigenvalue weighted by atomic mass is 16.5. The zero-order valence-corrected chi connectivity index (χ0v) is 15.8. The van der Waals surface area contributed by atoms with Gasteiger partial charge in [0, 0.05) is 5.56 Å². The molecule has 2 aromatic carbocycles. The third-order valence-electron chi connectivity index (χ3n) is 4.25. The molecule has 1 aliphatic heterocycles. The number of carbonyl (C=O) groups is 2. The first-order valence-electron chi connectivity index (χ1n) is 8.91. The van der Waals surface area contributed by atoms with Crippen molar-refractivity contribution < 1.29 is 19.1 Å². The van der Waals surface area contributed by atoms with Gasteiger partial charge in [-0.2, -0.15) is 0 Å². The van der Waals surface area contributed by atoms with Gasteiger partial charge in [-0.25, -0.2) is 0 Å². The van der Waals surface area contributed by atoms with Crippen molar-refractivity contribution in [3.8, 4) is 11.5 Å². The fourth-order valence-electron chi connectivity index (χ4n) is 2.71. The first-order valence-corrected chi connectivity index (χ1v) is 8.91. The summed E-state index contributed by atoms with van der Waals surface area (Å²) in [5.41, 5.74) is 2.31. The molecule has 2 aromatic rings. The third-order valence-corrected chi connectivity index (χ3v) is 4.25. The Morgan fingerprint density at radius 3 is 2.63 bits per heavy atom. The number of fused-ring (bicyclic) bond motifs is 1. The van der Waals surface area contributed by atoms with Crippen molar-refractivity contribution in [2.45, 2.75) is 26.2 Å². The first-order chi connectivity index (χ1) is 12.8. The third kappa shape index (κ3) is 4.78. The van der Waals surface area contributed by atoms with Crippen LogP contribution in [0.1, 0.15) is 36.7 Å². The average Bonchev–Trinajstić information content (AvgIpc) is 2.64. The molecule has 3 rings (SSSR count). The second-order valence-electron chi connectivity index (χ2n) is 7.43. The van der Waals surface area contributed by atoms with Crippen molar-refractivity contribution in [1.82, 2.24) is 5.32 Å². The van der Waals surface area contributed by atoms with Crippen LogP contribution in [0, 0.1) is 0 Å². The molecule has 0 atom stereocenters. The van der Waals surface area contributed by atoms with Gasteiger partial charge in [0.05, 0.1) is 12.2 Å². The maximum atomic E-state index is 12.3. The van der Waals surface area contributed by atoms with Gasteiger partial charge in [-0.1, -0.05) is 32.9 Å². The van der Waals surface area contributed by atoms with Crippen LogP contribution in [0.5, 0.6) is 11.5 Å². The van der Waals surface area contributed by atoms with Crippen LogP contribution in [0.25, 0.3) is 0 Å². The number of anilines is 1. The van der Waals surface area contributed by atoms with E-state index in [1.165, 1.54) is 5.56 Å². The smallest absolute Gasteiger partial charge is 0.262 e. The highest BCUT2D eigenvalue weighted by Crippen LogP contribution is 2.28. The Kier molecular flexibility index (Phi) is 5.35. The number of benzene rings is 2. The summed E-state index contributed by atoms with van der Waals surface area (Å²) in [5, 5.41) is 5.50. The Morgan fingerprint density at radius 1 is 1.19 bits per heavy atom. The van der Waals surface area contributed by atoms with E-state index < -0.39 is 0 Å². The highest BCUT2D eigenvalue weighted by molar-refractivity contribution is 5.99. The first kappa shape index (κ1) is 18.8. The molecule has 1 heterocycles. The topological polar surface area (TPSA) is 76.7 Å². The quantitative estimate of drug-likeness (QED) is 0.795. The van der Waals surface area contributed by atoms with E-state index >= 15 is 0 Å². The molecular weight excluding hydrogens is 344 g/mol. The fourth-order valence-corrected chi connectivity index (χ4v) is 2.71. The number of hydrogen-bond donors (Lipinski definition) is 2. The molecule has 27 heavy (non-hydrogen) atoms. The van der Waals surface area contributed by atoms with E-state index in [0.717, 1.165) is 5.75 Å². The lowest BCUT2D eigenvalue weighted by molar-refractivity contribution is -0.118. The van der Waals surface area contributed by atoms with E-state index in [-0.39, 0.29) is 23.8 Å². The summed E-state index contributed by atoms with van der Waals surface area (Å²) in [6.07, 6.45) is 0. The molecule has 0 fully saturated rings. The largest absolute Gasteiger partial charge is 0.492 e. The number of ether oxygens (including phenoxy) is 2. The van der Waals surface area contributed by atoms with E-state index in [1.807, 2.05) is 12.1 Å². The fraction of sp³-hybridized carbons (Fsp3) is 0.333. The lowest BCUT2D eigenvalue weighted by Crippen LogP contribution is -2.29. The molecule has 0 unspecified atom stereocenters. The molecule has 142 valence electrons. The Balaban J connectivity index is 1.48. The second kappa shape index (κ2) is 7.70. The van der Waals surface area contributed by atoms with E-state index in [9.17, 15) is 9.59 Å². The minimum atomic E-state index is -0.232. The maximum absolute atomic E-state index is 12.3. The van der Waals surface area contributed by atoms with Gasteiger partial charge in [0.25, 0.3) is 11.8 Å². The Hall–Kier alpha value is -3.02. The number of hydrogen-bond acceptors (Lipinski definition) is 4. The summed E-state index contributed by atoms with van der Waals surface area (Å²) in [6.45, 7) is 7.22. The maximum Gasteiger partial charge on any atom is 0.262 e. The van der Waals surface area contributed by atoms with Crippen LogP contribution in [0.2, 0.25) is 0 Å². The predicted molar refractivity (Wildman–Crippen MR) is 104 cm³/mol. The Bertz CT molecular complexity index is 838. The SMILES string of the molecule is CC(C)(C)c1ccc(OCCNC(=O)c2ccc3c(c2)NC(=O)CO3)cc1. The van der Waals surface area contributed by atoms with Gasteiger partial charge in [-0.05, 0) is 41.3 Å². The average molecular weight is 368 g/mol. The summed E-state index contributed by atoms with van der Waals surface area (Å²) in [7, 11) is 0. The van der Waals surface area contributed by atoms with Crippen LogP contribution in [0.15, 0.2) is 42.5 Å². The normalized spacial score (nSPS) is 13.2. The second-order valence-corrected chi connectivity index (χ2v) is 7.43. The van der Waals surface area contributed by atoms with Crippen LogP contribution in [-0.4, -0.2) is 31.6 Å². The van der Waals surface area contributed by atoms with Crippen LogP contribution in [0.3, 0.4) is 0 Å². The van der Waals surface area contributed by atoms with E-state index in [1.54, 1.807) is 18.2 Å². The summed E-state index contributed by atoms with van der Waals surface area (Å²) < 4.78 is 11.0. The lowest BCUT2D eigenvalue weighted by atomic mass is 9.87. The number of rotatable bonds is 5. The van der Waals surface area contributed by atoms with Gasteiger partial charge >= 0.3 is 0 Å². The van der Waals surface area contributed by atoms with Gasteiger partial charge in [-0.3, -0.25) is 9.59 Å². The Labute approximate surface area is 158 Å². The van der Waals surface area contributed by atoms with Crippen molar-refractivity contribution >= 4 is 17.5 Å². The summed E-state index contributed by atoms with van der Waals surface area (Å²) in [5.74, 6) is 0.870. The molecule has 0 spiro atoms.